The molecular formula is C21H23N3O2S. The van der Waals surface area contributed by atoms with Gasteiger partial charge in [0.2, 0.25) is 5.91 Å². The van der Waals surface area contributed by atoms with Crippen molar-refractivity contribution in [2.75, 3.05) is 12.4 Å². The van der Waals surface area contributed by atoms with Crippen LogP contribution in [0.5, 0.6) is 5.75 Å². The van der Waals surface area contributed by atoms with Crippen LogP contribution in [0.2, 0.25) is 0 Å². The molecule has 1 amide bonds. The second-order valence-electron chi connectivity index (χ2n) is 6.26. The molecule has 3 aromatic rings. The number of aryl methyl sites for hydroxylation is 1. The molecule has 6 heteroatoms. The lowest BCUT2D eigenvalue weighted by Crippen LogP contribution is -2.37. The number of anilines is 1. The highest BCUT2D eigenvalue weighted by molar-refractivity contribution is 7.09. The van der Waals surface area contributed by atoms with E-state index in [9.17, 15) is 4.79 Å². The van der Waals surface area contributed by atoms with Crippen molar-refractivity contribution >= 4 is 22.9 Å². The van der Waals surface area contributed by atoms with Gasteiger partial charge < -0.3 is 15.4 Å². The number of hydrogen-bond acceptors (Lipinski definition) is 5. The normalized spacial score (nSPS) is 11.7. The Labute approximate surface area is 163 Å². The fraction of sp³-hybridized carbons (Fsp3) is 0.238. The number of thiazole rings is 1. The van der Waals surface area contributed by atoms with Gasteiger partial charge in [-0.3, -0.25) is 4.79 Å². The fourth-order valence-corrected chi connectivity index (χ4v) is 3.29. The third-order valence-corrected chi connectivity index (χ3v) is 4.95. The van der Waals surface area contributed by atoms with Crippen LogP contribution in [-0.4, -0.2) is 24.0 Å². The van der Waals surface area contributed by atoms with Gasteiger partial charge in [-0.05, 0) is 43.7 Å². The van der Waals surface area contributed by atoms with E-state index >= 15 is 0 Å². The maximum atomic E-state index is 12.4. The van der Waals surface area contributed by atoms with Crippen molar-refractivity contribution in [2.24, 2.45) is 0 Å². The molecule has 140 valence electrons. The first kappa shape index (κ1) is 18.9. The number of methoxy groups -OCH3 is 1. The predicted molar refractivity (Wildman–Crippen MR) is 110 cm³/mol. The molecule has 0 aliphatic heterocycles. The van der Waals surface area contributed by atoms with Crippen LogP contribution in [0.15, 0.2) is 53.9 Å². The molecule has 0 spiro atoms. The van der Waals surface area contributed by atoms with E-state index in [2.05, 4.69) is 15.6 Å². The van der Waals surface area contributed by atoms with E-state index in [0.717, 1.165) is 33.3 Å². The molecule has 0 aliphatic carbocycles. The number of hydrogen-bond donors (Lipinski definition) is 2. The van der Waals surface area contributed by atoms with Crippen molar-refractivity contribution in [3.63, 3.8) is 0 Å². The molecule has 0 bridgehead atoms. The van der Waals surface area contributed by atoms with Crippen LogP contribution in [0.25, 0.3) is 11.3 Å². The van der Waals surface area contributed by atoms with Crippen molar-refractivity contribution in [3.8, 4) is 17.0 Å². The first-order valence-electron chi connectivity index (χ1n) is 8.75. The number of nitrogens with one attached hydrogen (secondary N) is 2. The summed E-state index contributed by atoms with van der Waals surface area (Å²) in [7, 11) is 1.63. The van der Waals surface area contributed by atoms with Gasteiger partial charge in [-0.2, -0.15) is 0 Å². The standard InChI is InChI=1S/C21H23N3O2S/c1-14(21(25)22-12-16-7-9-19(26-3)10-8-16)23-18-6-4-5-17(11-18)20-13-27-15(2)24-20/h4-11,13-14,23H,12H2,1-3H3,(H,22,25)/t14-/m1/s1. The fourth-order valence-electron chi connectivity index (χ4n) is 2.67. The molecule has 0 radical (unpaired) electrons. The Hall–Kier alpha value is -2.86. The van der Waals surface area contributed by atoms with Crippen molar-refractivity contribution in [3.05, 3.63) is 64.5 Å². The van der Waals surface area contributed by atoms with E-state index in [-0.39, 0.29) is 11.9 Å². The van der Waals surface area contributed by atoms with Gasteiger partial charge in [0.05, 0.1) is 17.8 Å². The monoisotopic (exact) mass is 381 g/mol. The molecule has 27 heavy (non-hydrogen) atoms. The first-order valence-corrected chi connectivity index (χ1v) is 9.63. The van der Waals surface area contributed by atoms with Crippen LogP contribution in [-0.2, 0) is 11.3 Å². The highest BCUT2D eigenvalue weighted by Crippen LogP contribution is 2.24. The summed E-state index contributed by atoms with van der Waals surface area (Å²) in [5, 5.41) is 9.29. The summed E-state index contributed by atoms with van der Waals surface area (Å²) in [4.78, 5) is 16.9. The summed E-state index contributed by atoms with van der Waals surface area (Å²) in [6.45, 7) is 4.32. The minimum atomic E-state index is -0.351. The Balaban J connectivity index is 1.57. The molecule has 0 saturated carbocycles. The van der Waals surface area contributed by atoms with Gasteiger partial charge in [-0.15, -0.1) is 11.3 Å². The molecule has 0 aliphatic rings. The van der Waals surface area contributed by atoms with Crippen LogP contribution in [0.3, 0.4) is 0 Å². The number of nitrogens with zero attached hydrogens (tertiary/aromatic N) is 1. The van der Waals surface area contributed by atoms with Crippen molar-refractivity contribution in [1.29, 1.82) is 0 Å². The summed E-state index contributed by atoms with van der Waals surface area (Å²) in [6.07, 6.45) is 0. The quantitative estimate of drug-likeness (QED) is 0.642. The largest absolute Gasteiger partial charge is 0.497 e. The van der Waals surface area contributed by atoms with E-state index < -0.39 is 0 Å². The first-order chi connectivity index (χ1) is 13.0. The average molecular weight is 382 g/mol. The lowest BCUT2D eigenvalue weighted by Gasteiger charge is -2.16. The summed E-state index contributed by atoms with van der Waals surface area (Å²) in [6, 6.07) is 15.3. The van der Waals surface area contributed by atoms with Crippen molar-refractivity contribution < 1.29 is 9.53 Å². The maximum absolute atomic E-state index is 12.4. The zero-order valence-corrected chi connectivity index (χ0v) is 16.5. The SMILES string of the molecule is COc1ccc(CNC(=O)[C@@H](C)Nc2cccc(-c3csc(C)n3)c2)cc1. The van der Waals surface area contributed by atoms with Crippen LogP contribution < -0.4 is 15.4 Å². The Morgan fingerprint density at radius 2 is 2.00 bits per heavy atom. The topological polar surface area (TPSA) is 63.2 Å². The second kappa shape index (κ2) is 8.68. The molecule has 3 rings (SSSR count). The molecule has 1 heterocycles. The highest BCUT2D eigenvalue weighted by atomic mass is 32.1. The Morgan fingerprint density at radius 3 is 2.67 bits per heavy atom. The van der Waals surface area contributed by atoms with Gasteiger partial charge in [0.25, 0.3) is 0 Å². The third-order valence-electron chi connectivity index (χ3n) is 4.18. The number of benzene rings is 2. The Morgan fingerprint density at radius 1 is 1.22 bits per heavy atom. The molecule has 1 aromatic heterocycles. The van der Waals surface area contributed by atoms with E-state index in [1.54, 1.807) is 18.4 Å². The minimum Gasteiger partial charge on any atom is -0.497 e. The van der Waals surface area contributed by atoms with E-state index in [0.29, 0.717) is 6.54 Å². The molecule has 1 atom stereocenters. The molecular weight excluding hydrogens is 358 g/mol. The molecule has 5 nitrogen and oxygen atoms in total. The molecule has 0 unspecified atom stereocenters. The summed E-state index contributed by atoms with van der Waals surface area (Å²) in [5.74, 6) is 0.746. The van der Waals surface area contributed by atoms with Gasteiger partial charge in [0, 0.05) is 23.2 Å². The Bertz CT molecular complexity index is 906. The molecule has 2 aromatic carbocycles. The lowest BCUT2D eigenvalue weighted by molar-refractivity contribution is -0.121. The van der Waals surface area contributed by atoms with Crippen LogP contribution >= 0.6 is 11.3 Å². The number of aromatic nitrogens is 1. The summed E-state index contributed by atoms with van der Waals surface area (Å²) >= 11 is 1.63. The van der Waals surface area contributed by atoms with Crippen LogP contribution in [0.4, 0.5) is 5.69 Å². The maximum Gasteiger partial charge on any atom is 0.242 e. The number of rotatable bonds is 7. The minimum absolute atomic E-state index is 0.0549. The summed E-state index contributed by atoms with van der Waals surface area (Å²) < 4.78 is 5.14. The van der Waals surface area contributed by atoms with Gasteiger partial charge in [-0.25, -0.2) is 4.98 Å². The van der Waals surface area contributed by atoms with Gasteiger partial charge in [0.15, 0.2) is 0 Å². The molecule has 2 N–H and O–H groups in total. The van der Waals surface area contributed by atoms with Gasteiger partial charge in [-0.1, -0.05) is 24.3 Å². The molecule has 0 saturated heterocycles. The van der Waals surface area contributed by atoms with E-state index in [1.165, 1.54) is 0 Å². The highest BCUT2D eigenvalue weighted by Gasteiger charge is 2.13. The number of carbonyl (C=O) groups is 1. The smallest absolute Gasteiger partial charge is 0.242 e. The lowest BCUT2D eigenvalue weighted by atomic mass is 10.1. The van der Waals surface area contributed by atoms with Crippen molar-refractivity contribution in [2.45, 2.75) is 26.4 Å². The van der Waals surface area contributed by atoms with E-state index in [1.807, 2.05) is 67.8 Å². The predicted octanol–water partition coefficient (Wildman–Crippen LogP) is 4.24. The zero-order chi connectivity index (χ0) is 19.2. The van der Waals surface area contributed by atoms with E-state index in [4.69, 9.17) is 4.74 Å². The van der Waals surface area contributed by atoms with Gasteiger partial charge >= 0.3 is 0 Å². The zero-order valence-electron chi connectivity index (χ0n) is 15.7. The Kier molecular flexibility index (Phi) is 6.08. The average Bonchev–Trinajstić information content (AvgIpc) is 3.13. The van der Waals surface area contributed by atoms with Crippen LogP contribution in [0, 0.1) is 6.92 Å². The van der Waals surface area contributed by atoms with Crippen LogP contribution in [0.1, 0.15) is 17.5 Å². The second-order valence-corrected chi connectivity index (χ2v) is 7.33. The van der Waals surface area contributed by atoms with Crippen molar-refractivity contribution in [1.82, 2.24) is 10.3 Å². The number of ether oxygens (including phenoxy) is 1. The molecule has 0 fully saturated rings. The number of amides is 1. The van der Waals surface area contributed by atoms with Gasteiger partial charge in [0.1, 0.15) is 11.8 Å². The number of carbonyl (C=O) groups excluding carboxylic acids is 1. The third kappa shape index (κ3) is 5.08. The summed E-state index contributed by atoms with van der Waals surface area (Å²) in [5.41, 5.74) is 3.91.